The Balaban J connectivity index is 1.94. The van der Waals surface area contributed by atoms with Crippen molar-refractivity contribution in [3.8, 4) is 5.75 Å². The highest BCUT2D eigenvalue weighted by atomic mass is 16.5. The lowest BCUT2D eigenvalue weighted by Gasteiger charge is -2.37. The molecule has 0 radical (unpaired) electrons. The van der Waals surface area contributed by atoms with Crippen LogP contribution >= 0.6 is 0 Å². The standard InChI is InChI=1S/C16H23NO4/c1-11-4-5-15(12(2)6-11)21-10-16(19)17-7-14(8-18)20-9-13(17)3/h4-6,13-14,18H,7-10H2,1-3H3. The third-order valence-electron chi connectivity index (χ3n) is 3.71. The lowest BCUT2D eigenvalue weighted by atomic mass is 10.1. The SMILES string of the molecule is Cc1ccc(OCC(=O)N2CC(CO)OCC2C)c(C)c1. The number of nitrogens with zero attached hydrogens (tertiary/aromatic N) is 1. The second kappa shape index (κ2) is 6.91. The molecule has 2 rings (SSSR count). The minimum Gasteiger partial charge on any atom is -0.484 e. The highest BCUT2D eigenvalue weighted by Crippen LogP contribution is 2.19. The van der Waals surface area contributed by atoms with Crippen LogP contribution in [0, 0.1) is 13.8 Å². The van der Waals surface area contributed by atoms with Gasteiger partial charge in [-0.2, -0.15) is 0 Å². The van der Waals surface area contributed by atoms with E-state index < -0.39 is 0 Å². The molecule has 0 bridgehead atoms. The lowest BCUT2D eigenvalue weighted by molar-refractivity contribution is -0.148. The molecule has 5 heteroatoms. The summed E-state index contributed by atoms with van der Waals surface area (Å²) in [7, 11) is 0. The van der Waals surface area contributed by atoms with Gasteiger partial charge in [-0.3, -0.25) is 4.79 Å². The Morgan fingerprint density at radius 1 is 1.48 bits per heavy atom. The van der Waals surface area contributed by atoms with Crippen LogP contribution in [0.2, 0.25) is 0 Å². The van der Waals surface area contributed by atoms with Gasteiger partial charge in [0.1, 0.15) is 5.75 Å². The smallest absolute Gasteiger partial charge is 0.260 e. The minimum absolute atomic E-state index is 0.00279. The summed E-state index contributed by atoms with van der Waals surface area (Å²) in [6.45, 7) is 6.70. The van der Waals surface area contributed by atoms with E-state index in [0.29, 0.717) is 13.2 Å². The molecule has 0 spiro atoms. The molecule has 0 saturated carbocycles. The fourth-order valence-electron chi connectivity index (χ4n) is 2.46. The van der Waals surface area contributed by atoms with Crippen LogP contribution in [-0.2, 0) is 9.53 Å². The molecule has 1 heterocycles. The third kappa shape index (κ3) is 3.95. The Hall–Kier alpha value is -1.59. The van der Waals surface area contributed by atoms with Crippen LogP contribution in [0.15, 0.2) is 18.2 Å². The summed E-state index contributed by atoms with van der Waals surface area (Å²) in [5.74, 6) is 0.651. The fourth-order valence-corrected chi connectivity index (χ4v) is 2.46. The Morgan fingerprint density at radius 3 is 2.90 bits per heavy atom. The first-order chi connectivity index (χ1) is 10.0. The van der Waals surface area contributed by atoms with E-state index >= 15 is 0 Å². The zero-order chi connectivity index (χ0) is 15.4. The quantitative estimate of drug-likeness (QED) is 0.909. The van der Waals surface area contributed by atoms with Gasteiger partial charge in [-0.25, -0.2) is 0 Å². The van der Waals surface area contributed by atoms with E-state index in [1.807, 2.05) is 39.0 Å². The Labute approximate surface area is 125 Å². The molecule has 1 aromatic carbocycles. The van der Waals surface area contributed by atoms with Crippen molar-refractivity contribution in [2.45, 2.75) is 32.9 Å². The zero-order valence-corrected chi connectivity index (χ0v) is 12.8. The van der Waals surface area contributed by atoms with Crippen LogP contribution in [0.4, 0.5) is 0 Å². The second-order valence-electron chi connectivity index (χ2n) is 5.59. The molecule has 1 fully saturated rings. The number of aliphatic hydroxyl groups excluding tert-OH is 1. The maximum Gasteiger partial charge on any atom is 0.260 e. The van der Waals surface area contributed by atoms with Crippen molar-refractivity contribution in [3.05, 3.63) is 29.3 Å². The Kier molecular flexibility index (Phi) is 5.20. The predicted octanol–water partition coefficient (Wildman–Crippen LogP) is 1.29. The highest BCUT2D eigenvalue weighted by Gasteiger charge is 2.29. The number of rotatable bonds is 4. The predicted molar refractivity (Wildman–Crippen MR) is 79.4 cm³/mol. The first kappa shape index (κ1) is 15.8. The monoisotopic (exact) mass is 293 g/mol. The molecule has 1 aliphatic heterocycles. The largest absolute Gasteiger partial charge is 0.484 e. The number of hydrogen-bond acceptors (Lipinski definition) is 4. The van der Waals surface area contributed by atoms with Gasteiger partial charge < -0.3 is 19.5 Å². The number of benzene rings is 1. The van der Waals surface area contributed by atoms with Gasteiger partial charge in [0, 0.05) is 6.54 Å². The maximum absolute atomic E-state index is 12.3. The van der Waals surface area contributed by atoms with Gasteiger partial charge in [-0.15, -0.1) is 0 Å². The first-order valence-corrected chi connectivity index (χ1v) is 7.23. The van der Waals surface area contributed by atoms with Crippen molar-refractivity contribution >= 4 is 5.91 Å². The third-order valence-corrected chi connectivity index (χ3v) is 3.71. The summed E-state index contributed by atoms with van der Waals surface area (Å²) in [5.41, 5.74) is 2.19. The first-order valence-electron chi connectivity index (χ1n) is 7.23. The molecule has 1 aliphatic rings. The molecule has 1 N–H and O–H groups in total. The summed E-state index contributed by atoms with van der Waals surface area (Å²) >= 11 is 0. The number of carbonyl (C=O) groups is 1. The van der Waals surface area contributed by atoms with Gasteiger partial charge in [-0.05, 0) is 32.4 Å². The topological polar surface area (TPSA) is 59.0 Å². The van der Waals surface area contributed by atoms with Crippen LogP contribution in [0.25, 0.3) is 0 Å². The number of morpholine rings is 1. The summed E-state index contributed by atoms with van der Waals surface area (Å²) in [4.78, 5) is 14.0. The van der Waals surface area contributed by atoms with E-state index in [2.05, 4.69) is 0 Å². The average Bonchev–Trinajstić information content (AvgIpc) is 2.46. The van der Waals surface area contributed by atoms with Crippen LogP contribution in [0.5, 0.6) is 5.75 Å². The maximum atomic E-state index is 12.3. The van der Waals surface area contributed by atoms with Crippen molar-refractivity contribution < 1.29 is 19.4 Å². The van der Waals surface area contributed by atoms with Crippen molar-refractivity contribution in [3.63, 3.8) is 0 Å². The van der Waals surface area contributed by atoms with Gasteiger partial charge >= 0.3 is 0 Å². The minimum atomic E-state index is -0.300. The van der Waals surface area contributed by atoms with E-state index in [4.69, 9.17) is 14.6 Å². The van der Waals surface area contributed by atoms with E-state index in [-0.39, 0.29) is 31.3 Å². The number of carbonyl (C=O) groups excluding carboxylic acids is 1. The molecular weight excluding hydrogens is 270 g/mol. The molecule has 1 amide bonds. The van der Waals surface area contributed by atoms with Gasteiger partial charge in [0.2, 0.25) is 0 Å². The molecule has 0 aliphatic carbocycles. The van der Waals surface area contributed by atoms with Crippen molar-refractivity contribution in [1.82, 2.24) is 4.90 Å². The molecule has 2 atom stereocenters. The molecule has 2 unspecified atom stereocenters. The number of ether oxygens (including phenoxy) is 2. The van der Waals surface area contributed by atoms with Gasteiger partial charge in [-0.1, -0.05) is 17.7 Å². The highest BCUT2D eigenvalue weighted by molar-refractivity contribution is 5.78. The number of amides is 1. The van der Waals surface area contributed by atoms with Gasteiger partial charge in [0.05, 0.1) is 25.4 Å². The fraction of sp³-hybridized carbons (Fsp3) is 0.562. The summed E-state index contributed by atoms with van der Waals surface area (Å²) < 4.78 is 11.1. The molecule has 5 nitrogen and oxygen atoms in total. The molecule has 116 valence electrons. The normalized spacial score (nSPS) is 22.2. The Bertz CT molecular complexity index is 503. The van der Waals surface area contributed by atoms with Crippen molar-refractivity contribution in [2.24, 2.45) is 0 Å². The molecule has 21 heavy (non-hydrogen) atoms. The van der Waals surface area contributed by atoms with Crippen LogP contribution < -0.4 is 4.74 Å². The van der Waals surface area contributed by atoms with E-state index in [1.165, 1.54) is 5.56 Å². The summed E-state index contributed by atoms with van der Waals surface area (Å²) in [6, 6.07) is 5.88. The van der Waals surface area contributed by atoms with Crippen molar-refractivity contribution in [1.29, 1.82) is 0 Å². The van der Waals surface area contributed by atoms with Crippen LogP contribution in [0.1, 0.15) is 18.1 Å². The molecule has 1 aromatic rings. The zero-order valence-electron chi connectivity index (χ0n) is 12.8. The summed E-state index contributed by atoms with van der Waals surface area (Å²) in [5, 5.41) is 9.15. The van der Waals surface area contributed by atoms with E-state index in [1.54, 1.807) is 4.90 Å². The van der Waals surface area contributed by atoms with Crippen LogP contribution in [0.3, 0.4) is 0 Å². The van der Waals surface area contributed by atoms with Gasteiger partial charge in [0.15, 0.2) is 6.61 Å². The molecule has 0 aromatic heterocycles. The van der Waals surface area contributed by atoms with E-state index in [9.17, 15) is 4.79 Å². The number of aryl methyl sites for hydroxylation is 2. The van der Waals surface area contributed by atoms with E-state index in [0.717, 1.165) is 11.3 Å². The van der Waals surface area contributed by atoms with Crippen LogP contribution in [-0.4, -0.2) is 54.4 Å². The van der Waals surface area contributed by atoms with Crippen molar-refractivity contribution in [2.75, 3.05) is 26.4 Å². The molecule has 1 saturated heterocycles. The number of aliphatic hydroxyl groups is 1. The van der Waals surface area contributed by atoms with Gasteiger partial charge in [0.25, 0.3) is 5.91 Å². The second-order valence-corrected chi connectivity index (χ2v) is 5.59. The average molecular weight is 293 g/mol. The summed E-state index contributed by atoms with van der Waals surface area (Å²) in [6.07, 6.45) is -0.300. The Morgan fingerprint density at radius 2 is 2.24 bits per heavy atom. The number of hydrogen-bond donors (Lipinski definition) is 1. The lowest BCUT2D eigenvalue weighted by Crippen LogP contribution is -2.53. The molecular formula is C16H23NO4.